The number of hydrogen-bond acceptors (Lipinski definition) is 7. The predicted octanol–water partition coefficient (Wildman–Crippen LogP) is 4.29. The lowest BCUT2D eigenvalue weighted by Crippen LogP contribution is -2.21. The molecule has 0 radical (unpaired) electrons. The number of fused-ring (bicyclic) bond motifs is 1. The van der Waals surface area contributed by atoms with Crippen molar-refractivity contribution in [3.8, 4) is 16.8 Å². The molecular formula is C22H17F3N8O2. The standard InChI is InChI=1S/C20H16N8.C2HF3O2/c1-13-22-12-28(27-13)17-7-5-16(6-8-17)25-20-21-9-14-3-2-4-18(19(14)26-20)15-10-23-24-11-15;3-2(4,5)1(6)7/h2-12H,1H3,(H,23,24)(H,21,25,26);(H,6,7). The molecule has 5 aromatic rings. The minimum Gasteiger partial charge on any atom is -0.475 e. The van der Waals surface area contributed by atoms with Gasteiger partial charge in [-0.2, -0.15) is 23.4 Å². The number of aromatic nitrogens is 7. The van der Waals surface area contributed by atoms with Crippen LogP contribution >= 0.6 is 0 Å². The second kappa shape index (κ2) is 9.59. The first-order valence-corrected chi connectivity index (χ1v) is 10.0. The minimum atomic E-state index is -5.08. The van der Waals surface area contributed by atoms with Gasteiger partial charge in [-0.15, -0.1) is 0 Å². The zero-order chi connectivity index (χ0) is 25.0. The average molecular weight is 482 g/mol. The fraction of sp³-hybridized carbons (Fsp3) is 0.0909. The molecule has 0 saturated carbocycles. The Bertz CT molecular complexity index is 1450. The van der Waals surface area contributed by atoms with Gasteiger partial charge in [-0.05, 0) is 31.2 Å². The number of carboxylic acids is 1. The Labute approximate surface area is 195 Å². The van der Waals surface area contributed by atoms with Gasteiger partial charge in [0.15, 0.2) is 0 Å². The van der Waals surface area contributed by atoms with Gasteiger partial charge in [-0.3, -0.25) is 5.10 Å². The molecule has 178 valence electrons. The number of alkyl halides is 3. The summed E-state index contributed by atoms with van der Waals surface area (Å²) in [6.45, 7) is 1.86. The number of benzene rings is 2. The Morgan fingerprint density at radius 1 is 1.09 bits per heavy atom. The first kappa shape index (κ1) is 23.4. The fourth-order valence-corrected chi connectivity index (χ4v) is 3.04. The van der Waals surface area contributed by atoms with Crippen LogP contribution in [-0.4, -0.2) is 52.2 Å². The van der Waals surface area contributed by atoms with Crippen molar-refractivity contribution in [2.45, 2.75) is 13.1 Å². The Kier molecular flexibility index (Phi) is 6.40. The number of rotatable bonds is 4. The van der Waals surface area contributed by atoms with Crippen molar-refractivity contribution < 1.29 is 23.1 Å². The van der Waals surface area contributed by atoms with E-state index in [2.05, 4.69) is 30.6 Å². The highest BCUT2D eigenvalue weighted by Gasteiger charge is 2.38. The lowest BCUT2D eigenvalue weighted by molar-refractivity contribution is -0.192. The van der Waals surface area contributed by atoms with E-state index in [4.69, 9.17) is 14.9 Å². The van der Waals surface area contributed by atoms with E-state index in [1.807, 2.05) is 61.8 Å². The van der Waals surface area contributed by atoms with E-state index in [1.54, 1.807) is 17.2 Å². The number of para-hydroxylation sites is 1. The molecule has 0 aliphatic heterocycles. The van der Waals surface area contributed by atoms with Gasteiger partial charge in [-0.25, -0.2) is 24.4 Å². The molecule has 0 amide bonds. The Morgan fingerprint density at radius 3 is 2.43 bits per heavy atom. The largest absolute Gasteiger partial charge is 0.490 e. The molecule has 35 heavy (non-hydrogen) atoms. The Balaban J connectivity index is 0.000000364. The maximum absolute atomic E-state index is 10.6. The highest BCUT2D eigenvalue weighted by atomic mass is 19.4. The average Bonchev–Trinajstić information content (AvgIpc) is 3.51. The Morgan fingerprint density at radius 2 is 1.83 bits per heavy atom. The maximum Gasteiger partial charge on any atom is 0.490 e. The summed E-state index contributed by atoms with van der Waals surface area (Å²) < 4.78 is 33.5. The molecule has 0 aliphatic carbocycles. The third kappa shape index (κ3) is 5.58. The number of aromatic amines is 1. The maximum atomic E-state index is 10.6. The normalized spacial score (nSPS) is 11.1. The molecule has 0 fully saturated rings. The van der Waals surface area contributed by atoms with Crippen LogP contribution in [0.2, 0.25) is 0 Å². The number of hydrogen-bond donors (Lipinski definition) is 3. The number of halogens is 3. The first-order chi connectivity index (χ1) is 16.7. The van der Waals surface area contributed by atoms with E-state index in [9.17, 15) is 13.2 Å². The zero-order valence-corrected chi connectivity index (χ0v) is 18.0. The van der Waals surface area contributed by atoms with Crippen LogP contribution in [0, 0.1) is 6.92 Å². The van der Waals surface area contributed by atoms with E-state index < -0.39 is 12.1 Å². The van der Waals surface area contributed by atoms with E-state index in [1.165, 1.54) is 0 Å². The van der Waals surface area contributed by atoms with Crippen molar-refractivity contribution in [3.63, 3.8) is 0 Å². The van der Waals surface area contributed by atoms with E-state index in [0.29, 0.717) is 5.95 Å². The van der Waals surface area contributed by atoms with Crippen LogP contribution in [0.25, 0.3) is 27.7 Å². The number of nitrogens with zero attached hydrogens (tertiary/aromatic N) is 6. The number of nitrogens with one attached hydrogen (secondary N) is 2. The topological polar surface area (TPSA) is 134 Å². The molecule has 5 rings (SSSR count). The van der Waals surface area contributed by atoms with Crippen molar-refractivity contribution in [1.29, 1.82) is 0 Å². The number of aliphatic carboxylic acids is 1. The van der Waals surface area contributed by atoms with E-state index in [-0.39, 0.29) is 0 Å². The van der Waals surface area contributed by atoms with Gasteiger partial charge in [0.05, 0.1) is 17.4 Å². The number of anilines is 2. The monoisotopic (exact) mass is 482 g/mol. The van der Waals surface area contributed by atoms with Crippen LogP contribution in [0.1, 0.15) is 5.82 Å². The first-order valence-electron chi connectivity index (χ1n) is 10.0. The van der Waals surface area contributed by atoms with Crippen LogP contribution < -0.4 is 5.32 Å². The van der Waals surface area contributed by atoms with Crippen LogP contribution in [-0.2, 0) is 4.79 Å². The molecule has 2 aromatic carbocycles. The highest BCUT2D eigenvalue weighted by molar-refractivity contribution is 5.93. The van der Waals surface area contributed by atoms with Crippen molar-refractivity contribution in [3.05, 3.63) is 73.2 Å². The second-order valence-corrected chi connectivity index (χ2v) is 7.14. The SMILES string of the molecule is Cc1ncn(-c2ccc(Nc3ncc4cccc(-c5cn[nH]c5)c4n3)cc2)n1.O=C(O)C(F)(F)F. The van der Waals surface area contributed by atoms with Gasteiger partial charge in [0, 0.05) is 34.6 Å². The van der Waals surface area contributed by atoms with E-state index >= 15 is 0 Å². The summed E-state index contributed by atoms with van der Waals surface area (Å²) in [6.07, 6.45) is 2.07. The molecule has 3 N–H and O–H groups in total. The van der Waals surface area contributed by atoms with Crippen LogP contribution in [0.3, 0.4) is 0 Å². The molecule has 13 heteroatoms. The Hall–Kier alpha value is -4.81. The fourth-order valence-electron chi connectivity index (χ4n) is 3.04. The summed E-state index contributed by atoms with van der Waals surface area (Å²) in [6, 6.07) is 13.9. The summed E-state index contributed by atoms with van der Waals surface area (Å²) in [7, 11) is 0. The van der Waals surface area contributed by atoms with Crippen LogP contribution in [0.4, 0.5) is 24.8 Å². The summed E-state index contributed by atoms with van der Waals surface area (Å²) in [4.78, 5) is 22.2. The molecule has 0 unspecified atom stereocenters. The molecule has 0 spiro atoms. The number of carboxylic acid groups (broad SMARTS) is 1. The number of aryl methyl sites for hydroxylation is 1. The highest BCUT2D eigenvalue weighted by Crippen LogP contribution is 2.27. The van der Waals surface area contributed by atoms with Crippen LogP contribution in [0.5, 0.6) is 0 Å². The lowest BCUT2D eigenvalue weighted by Gasteiger charge is -2.09. The van der Waals surface area contributed by atoms with Gasteiger partial charge in [0.2, 0.25) is 5.95 Å². The minimum absolute atomic E-state index is 0.535. The van der Waals surface area contributed by atoms with E-state index in [0.717, 1.165) is 39.2 Å². The number of H-pyrrole nitrogens is 1. The second-order valence-electron chi connectivity index (χ2n) is 7.14. The number of carbonyl (C=O) groups is 1. The van der Waals surface area contributed by atoms with Crippen molar-refractivity contribution >= 4 is 28.5 Å². The molecule has 0 saturated heterocycles. The van der Waals surface area contributed by atoms with Gasteiger partial charge in [0.1, 0.15) is 12.2 Å². The zero-order valence-electron chi connectivity index (χ0n) is 18.0. The van der Waals surface area contributed by atoms with Gasteiger partial charge >= 0.3 is 12.1 Å². The summed E-state index contributed by atoms with van der Waals surface area (Å²) in [5.74, 6) is -1.49. The van der Waals surface area contributed by atoms with Gasteiger partial charge in [0.25, 0.3) is 0 Å². The third-order valence-electron chi connectivity index (χ3n) is 4.66. The summed E-state index contributed by atoms with van der Waals surface area (Å²) >= 11 is 0. The van der Waals surface area contributed by atoms with Gasteiger partial charge in [-0.1, -0.05) is 18.2 Å². The van der Waals surface area contributed by atoms with Crippen molar-refractivity contribution in [2.75, 3.05) is 5.32 Å². The summed E-state index contributed by atoms with van der Waals surface area (Å²) in [5, 5.41) is 22.6. The smallest absolute Gasteiger partial charge is 0.475 e. The molecule has 3 aromatic heterocycles. The van der Waals surface area contributed by atoms with Crippen molar-refractivity contribution in [1.82, 2.24) is 34.9 Å². The van der Waals surface area contributed by atoms with Gasteiger partial charge < -0.3 is 10.4 Å². The lowest BCUT2D eigenvalue weighted by atomic mass is 10.1. The van der Waals surface area contributed by atoms with Crippen molar-refractivity contribution in [2.24, 2.45) is 0 Å². The molecule has 10 nitrogen and oxygen atoms in total. The molecule has 3 heterocycles. The summed E-state index contributed by atoms with van der Waals surface area (Å²) in [5.41, 5.74) is 4.70. The molecule has 0 bridgehead atoms. The van der Waals surface area contributed by atoms with Crippen LogP contribution in [0.15, 0.2) is 67.4 Å². The quantitative estimate of drug-likeness (QED) is 0.345. The molecular weight excluding hydrogens is 465 g/mol. The molecule has 0 aliphatic rings. The predicted molar refractivity (Wildman–Crippen MR) is 120 cm³/mol. The molecule has 0 atom stereocenters. The third-order valence-corrected chi connectivity index (χ3v) is 4.66.